The highest BCUT2D eigenvalue weighted by molar-refractivity contribution is 5.94. The number of ether oxygens (including phenoxy) is 2. The summed E-state index contributed by atoms with van der Waals surface area (Å²) in [6.45, 7) is 0.466. The second kappa shape index (κ2) is 11.3. The minimum Gasteiger partial charge on any atom is -0.493 e. The third kappa shape index (κ3) is 5.87. The molecular weight excluding hydrogens is 485 g/mol. The molecule has 2 aromatic carbocycles. The third-order valence-corrected chi connectivity index (χ3v) is 5.04. The van der Waals surface area contributed by atoms with Crippen LogP contribution in [0.15, 0.2) is 52.2 Å². The Bertz CT molecular complexity index is 1400. The van der Waals surface area contributed by atoms with Gasteiger partial charge in [-0.2, -0.15) is 9.78 Å². The molecule has 37 heavy (non-hydrogen) atoms. The van der Waals surface area contributed by atoms with Crippen LogP contribution in [0.3, 0.4) is 0 Å². The monoisotopic (exact) mass is 509 g/mol. The van der Waals surface area contributed by atoms with E-state index in [0.29, 0.717) is 29.3 Å². The molecule has 0 bridgehead atoms. The first-order chi connectivity index (χ1) is 17.9. The molecule has 0 aliphatic rings. The molecular formula is C23H24FN9O4. The average molecular weight is 510 g/mol. The summed E-state index contributed by atoms with van der Waals surface area (Å²) < 4.78 is 30.5. The van der Waals surface area contributed by atoms with E-state index >= 15 is 0 Å². The minimum atomic E-state index is -0.606. The van der Waals surface area contributed by atoms with Gasteiger partial charge in [0.25, 0.3) is 5.91 Å². The maximum Gasteiger partial charge on any atom is 0.293 e. The van der Waals surface area contributed by atoms with E-state index in [1.165, 1.54) is 30.1 Å². The Labute approximate surface area is 210 Å². The summed E-state index contributed by atoms with van der Waals surface area (Å²) in [7, 11) is 5.14. The Kier molecular flexibility index (Phi) is 7.68. The van der Waals surface area contributed by atoms with Crippen LogP contribution in [0.4, 0.5) is 10.2 Å². The fourth-order valence-corrected chi connectivity index (χ4v) is 3.33. The summed E-state index contributed by atoms with van der Waals surface area (Å²) in [5.41, 5.74) is 9.96. The van der Waals surface area contributed by atoms with Gasteiger partial charge in [-0.3, -0.25) is 4.79 Å². The normalized spacial score (nSPS) is 11.3. The first-order valence-electron chi connectivity index (χ1n) is 10.9. The molecule has 192 valence electrons. The number of halogens is 1. The molecule has 0 unspecified atom stereocenters. The molecule has 0 aliphatic carbocycles. The molecule has 2 heterocycles. The van der Waals surface area contributed by atoms with E-state index in [1.807, 2.05) is 19.0 Å². The predicted octanol–water partition coefficient (Wildman–Crippen LogP) is 1.78. The second-order valence-corrected chi connectivity index (χ2v) is 8.00. The number of aromatic nitrogens is 5. The largest absolute Gasteiger partial charge is 0.493 e. The number of nitrogens with two attached hydrogens (primary N) is 1. The van der Waals surface area contributed by atoms with Crippen LogP contribution in [0.25, 0.3) is 5.82 Å². The standard InChI is InChI=1S/C23H24FN9O4/c1-32(2)12-17-19(27-31-33(17)22-21(25)29-37-30-22)23(34)28-26-11-15-5-4-6-18(35-3)20(15)36-13-14-7-9-16(24)10-8-14/h4-11H,12-13H2,1-3H3,(H2,25,29)(H,28,34). The summed E-state index contributed by atoms with van der Waals surface area (Å²) in [6, 6.07) is 11.2. The van der Waals surface area contributed by atoms with Gasteiger partial charge in [0.15, 0.2) is 17.2 Å². The number of rotatable bonds is 10. The summed E-state index contributed by atoms with van der Waals surface area (Å²) in [5, 5.41) is 19.3. The molecule has 1 amide bonds. The maximum absolute atomic E-state index is 13.2. The van der Waals surface area contributed by atoms with E-state index in [0.717, 1.165) is 5.56 Å². The van der Waals surface area contributed by atoms with Crippen molar-refractivity contribution in [3.8, 4) is 17.3 Å². The molecule has 0 aliphatic heterocycles. The summed E-state index contributed by atoms with van der Waals surface area (Å²) in [5.74, 6) is 0.0471. The van der Waals surface area contributed by atoms with Gasteiger partial charge in [0.05, 0.1) is 19.0 Å². The van der Waals surface area contributed by atoms with Gasteiger partial charge < -0.3 is 20.1 Å². The number of nitrogens with one attached hydrogen (secondary N) is 1. The second-order valence-electron chi connectivity index (χ2n) is 8.00. The summed E-state index contributed by atoms with van der Waals surface area (Å²) in [4.78, 5) is 14.7. The van der Waals surface area contributed by atoms with E-state index in [4.69, 9.17) is 15.2 Å². The van der Waals surface area contributed by atoms with Crippen LogP contribution < -0.4 is 20.6 Å². The molecule has 14 heteroatoms. The fraction of sp³-hybridized carbons (Fsp3) is 0.217. The fourth-order valence-electron chi connectivity index (χ4n) is 3.33. The number of anilines is 1. The SMILES string of the molecule is COc1cccc(C=NNC(=O)c2nnn(-c3nonc3N)c2CN(C)C)c1OCc1ccc(F)cc1. The molecule has 0 fully saturated rings. The zero-order valence-corrected chi connectivity index (χ0v) is 20.3. The van der Waals surface area contributed by atoms with Crippen molar-refractivity contribution < 1.29 is 23.3 Å². The number of amides is 1. The summed E-state index contributed by atoms with van der Waals surface area (Å²) >= 11 is 0. The van der Waals surface area contributed by atoms with Crippen LogP contribution in [-0.2, 0) is 13.2 Å². The Balaban J connectivity index is 1.53. The lowest BCUT2D eigenvalue weighted by atomic mass is 10.2. The lowest BCUT2D eigenvalue weighted by Gasteiger charge is -2.13. The van der Waals surface area contributed by atoms with Gasteiger partial charge in [0.1, 0.15) is 12.4 Å². The number of hydrazone groups is 1. The van der Waals surface area contributed by atoms with Crippen molar-refractivity contribution in [2.45, 2.75) is 13.2 Å². The average Bonchev–Trinajstić information content (AvgIpc) is 3.49. The minimum absolute atomic E-state index is 0.000997. The van der Waals surface area contributed by atoms with Crippen LogP contribution in [-0.4, -0.2) is 63.5 Å². The van der Waals surface area contributed by atoms with Gasteiger partial charge in [-0.15, -0.1) is 5.10 Å². The van der Waals surface area contributed by atoms with Crippen molar-refractivity contribution in [2.24, 2.45) is 5.10 Å². The molecule has 4 aromatic rings. The van der Waals surface area contributed by atoms with Crippen LogP contribution in [0.1, 0.15) is 27.3 Å². The van der Waals surface area contributed by atoms with E-state index in [2.05, 4.69) is 35.8 Å². The lowest BCUT2D eigenvalue weighted by Crippen LogP contribution is -2.23. The maximum atomic E-state index is 13.2. The first kappa shape index (κ1) is 25.2. The number of methoxy groups -OCH3 is 1. The van der Waals surface area contributed by atoms with Crippen LogP contribution >= 0.6 is 0 Å². The number of nitrogens with zero attached hydrogens (tertiary/aromatic N) is 7. The van der Waals surface area contributed by atoms with Gasteiger partial charge in [0, 0.05) is 12.1 Å². The van der Waals surface area contributed by atoms with E-state index in [9.17, 15) is 9.18 Å². The highest BCUT2D eigenvalue weighted by Gasteiger charge is 2.24. The quantitative estimate of drug-likeness (QED) is 0.238. The number of para-hydroxylation sites is 1. The molecule has 13 nitrogen and oxygen atoms in total. The number of carbonyl (C=O) groups excluding carboxylic acids is 1. The Morgan fingerprint density at radius 3 is 2.70 bits per heavy atom. The highest BCUT2D eigenvalue weighted by Crippen LogP contribution is 2.31. The molecule has 3 N–H and O–H groups in total. The molecule has 0 radical (unpaired) electrons. The predicted molar refractivity (Wildman–Crippen MR) is 130 cm³/mol. The number of carbonyl (C=O) groups is 1. The molecule has 0 spiro atoms. The van der Waals surface area contributed by atoms with Crippen molar-refractivity contribution >= 4 is 17.9 Å². The number of hydrogen-bond acceptors (Lipinski definition) is 11. The van der Waals surface area contributed by atoms with E-state index < -0.39 is 5.91 Å². The van der Waals surface area contributed by atoms with Gasteiger partial charge >= 0.3 is 0 Å². The Morgan fingerprint density at radius 2 is 2.03 bits per heavy atom. The van der Waals surface area contributed by atoms with Crippen LogP contribution in [0, 0.1) is 5.82 Å². The first-order valence-corrected chi connectivity index (χ1v) is 10.9. The van der Waals surface area contributed by atoms with E-state index in [1.54, 1.807) is 30.3 Å². The zero-order valence-electron chi connectivity index (χ0n) is 20.3. The van der Waals surface area contributed by atoms with Crippen LogP contribution in [0.5, 0.6) is 11.5 Å². The van der Waals surface area contributed by atoms with Crippen molar-refractivity contribution in [1.82, 2.24) is 35.6 Å². The van der Waals surface area contributed by atoms with Crippen LogP contribution in [0.2, 0.25) is 0 Å². The molecule has 4 rings (SSSR count). The van der Waals surface area contributed by atoms with Gasteiger partial charge in [-0.25, -0.2) is 14.4 Å². The number of benzene rings is 2. The Morgan fingerprint density at radius 1 is 1.24 bits per heavy atom. The van der Waals surface area contributed by atoms with Crippen molar-refractivity contribution in [1.29, 1.82) is 0 Å². The van der Waals surface area contributed by atoms with Gasteiger partial charge in [-0.05, 0) is 54.2 Å². The number of hydrogen-bond donors (Lipinski definition) is 2. The van der Waals surface area contributed by atoms with Crippen molar-refractivity contribution in [3.05, 3.63) is 70.8 Å². The molecule has 0 saturated heterocycles. The molecule has 0 atom stereocenters. The van der Waals surface area contributed by atoms with E-state index in [-0.39, 0.29) is 29.8 Å². The topological polar surface area (TPSA) is 159 Å². The van der Waals surface area contributed by atoms with Gasteiger partial charge in [-0.1, -0.05) is 23.4 Å². The zero-order chi connectivity index (χ0) is 26.4. The Hall–Kier alpha value is -4.85. The smallest absolute Gasteiger partial charge is 0.293 e. The highest BCUT2D eigenvalue weighted by atomic mass is 19.1. The van der Waals surface area contributed by atoms with Crippen molar-refractivity contribution in [2.75, 3.05) is 26.9 Å². The summed E-state index contributed by atoms with van der Waals surface area (Å²) in [6.07, 6.45) is 1.41. The number of nitrogen functional groups attached to an aromatic ring is 1. The lowest BCUT2D eigenvalue weighted by molar-refractivity contribution is 0.0948. The molecule has 2 aromatic heterocycles. The van der Waals surface area contributed by atoms with Gasteiger partial charge in [0.2, 0.25) is 11.6 Å². The third-order valence-electron chi connectivity index (χ3n) is 5.04. The van der Waals surface area contributed by atoms with Crippen molar-refractivity contribution in [3.63, 3.8) is 0 Å². The molecule has 0 saturated carbocycles.